The van der Waals surface area contributed by atoms with E-state index in [1.165, 1.54) is 29.7 Å². The predicted octanol–water partition coefficient (Wildman–Crippen LogP) is 6.25. The average Bonchev–Trinajstić information content (AvgIpc) is 2.73. The fourth-order valence-corrected chi connectivity index (χ4v) is 4.22. The molecule has 0 unspecified atom stereocenters. The van der Waals surface area contributed by atoms with E-state index in [-0.39, 0.29) is 28.0 Å². The summed E-state index contributed by atoms with van der Waals surface area (Å²) in [6.45, 7) is 3.32. The second-order valence-electron chi connectivity index (χ2n) is 6.97. The molecule has 0 atom stereocenters. The Morgan fingerprint density at radius 2 is 1.91 bits per heavy atom. The Kier molecular flexibility index (Phi) is 7.61. The number of benzene rings is 1. The van der Waals surface area contributed by atoms with Crippen LogP contribution in [-0.2, 0) is 10.9 Å². The number of carbonyl (C=O) groups is 1. The largest absolute Gasteiger partial charge is 0.419 e. The van der Waals surface area contributed by atoms with E-state index in [1.54, 1.807) is 26.1 Å². The van der Waals surface area contributed by atoms with Crippen LogP contribution in [0.2, 0.25) is 5.02 Å². The highest BCUT2D eigenvalue weighted by Gasteiger charge is 2.34. The van der Waals surface area contributed by atoms with E-state index in [2.05, 4.69) is 9.97 Å². The lowest BCUT2D eigenvalue weighted by Crippen LogP contribution is -2.22. The number of anilines is 1. The van der Waals surface area contributed by atoms with Crippen LogP contribution in [0.4, 0.5) is 23.2 Å². The first-order valence-electron chi connectivity index (χ1n) is 9.46. The molecule has 0 aliphatic heterocycles. The topological polar surface area (TPSA) is 55.3 Å². The second-order valence-corrected chi connectivity index (χ2v) is 8.50. The van der Waals surface area contributed by atoms with Crippen LogP contribution < -0.4 is 4.31 Å². The molecule has 1 aromatic carbocycles. The van der Waals surface area contributed by atoms with Crippen LogP contribution in [0.5, 0.6) is 0 Å². The maximum absolute atomic E-state index is 13.7. The molecular formula is C22H18ClF4N3O2S. The van der Waals surface area contributed by atoms with Gasteiger partial charge < -0.3 is 4.74 Å². The van der Waals surface area contributed by atoms with Crippen molar-refractivity contribution in [3.63, 3.8) is 0 Å². The number of pyridine rings is 2. The molecule has 0 radical (unpaired) electrons. The van der Waals surface area contributed by atoms with Crippen LogP contribution in [-0.4, -0.2) is 29.6 Å². The van der Waals surface area contributed by atoms with Gasteiger partial charge in [-0.05, 0) is 61.7 Å². The Bertz CT molecular complexity index is 1170. The molecule has 0 saturated heterocycles. The number of rotatable bonds is 7. The predicted molar refractivity (Wildman–Crippen MR) is 118 cm³/mol. The van der Waals surface area contributed by atoms with E-state index >= 15 is 0 Å². The van der Waals surface area contributed by atoms with Gasteiger partial charge in [0.1, 0.15) is 18.2 Å². The van der Waals surface area contributed by atoms with E-state index in [0.717, 1.165) is 18.0 Å². The standard InChI is InChI=1S/C22H18ClF4N3O2S/c1-12-6-7-28-13(2)19(12)21(31)20-18(8-14(23)10-29-20)30(11-32-3)33-15-4-5-17(24)16(9-15)22(25,26)27/h4-10H,11H2,1-3H3. The third kappa shape index (κ3) is 5.63. The number of aryl methyl sites for hydroxylation is 2. The molecule has 2 aromatic heterocycles. The molecule has 0 N–H and O–H groups in total. The minimum atomic E-state index is -4.86. The number of hydrogen-bond donors (Lipinski definition) is 0. The van der Waals surface area contributed by atoms with Gasteiger partial charge >= 0.3 is 6.18 Å². The summed E-state index contributed by atoms with van der Waals surface area (Å²) < 4.78 is 59.8. The third-order valence-corrected chi connectivity index (χ3v) is 5.79. The van der Waals surface area contributed by atoms with Crippen molar-refractivity contribution >= 4 is 35.0 Å². The molecule has 2 heterocycles. The second kappa shape index (κ2) is 10.1. The molecule has 174 valence electrons. The van der Waals surface area contributed by atoms with Crippen molar-refractivity contribution < 1.29 is 27.1 Å². The molecule has 11 heteroatoms. The van der Waals surface area contributed by atoms with E-state index in [9.17, 15) is 22.4 Å². The summed E-state index contributed by atoms with van der Waals surface area (Å²) in [5.41, 5.74) is 0.391. The average molecular weight is 500 g/mol. The van der Waals surface area contributed by atoms with Gasteiger partial charge in [0.05, 0.1) is 16.3 Å². The number of aromatic nitrogens is 2. The molecule has 0 fully saturated rings. The molecule has 0 bridgehead atoms. The molecule has 0 aliphatic rings. The molecule has 0 amide bonds. The number of nitrogens with zero attached hydrogens (tertiary/aromatic N) is 3. The zero-order valence-corrected chi connectivity index (χ0v) is 19.3. The van der Waals surface area contributed by atoms with Gasteiger partial charge in [0.25, 0.3) is 0 Å². The number of methoxy groups -OCH3 is 1. The Hall–Kier alpha value is -2.69. The smallest absolute Gasteiger partial charge is 0.363 e. The number of ether oxygens (including phenoxy) is 1. The highest BCUT2D eigenvalue weighted by Crippen LogP contribution is 2.37. The normalized spacial score (nSPS) is 11.5. The summed E-state index contributed by atoms with van der Waals surface area (Å²) >= 11 is 6.95. The van der Waals surface area contributed by atoms with Gasteiger partial charge in [0.2, 0.25) is 5.78 Å². The molecule has 33 heavy (non-hydrogen) atoms. The summed E-state index contributed by atoms with van der Waals surface area (Å²) in [5.74, 6) is -1.81. The Labute approximate surface area is 196 Å². The Morgan fingerprint density at radius 1 is 1.18 bits per heavy atom. The number of alkyl halides is 3. The van der Waals surface area contributed by atoms with Crippen molar-refractivity contribution in [2.75, 3.05) is 18.1 Å². The maximum Gasteiger partial charge on any atom is 0.419 e. The van der Waals surface area contributed by atoms with E-state index < -0.39 is 23.3 Å². The van der Waals surface area contributed by atoms with Gasteiger partial charge in [-0.15, -0.1) is 0 Å². The van der Waals surface area contributed by atoms with Gasteiger partial charge in [-0.25, -0.2) is 9.37 Å². The Morgan fingerprint density at radius 3 is 2.55 bits per heavy atom. The minimum Gasteiger partial charge on any atom is -0.363 e. The zero-order valence-electron chi connectivity index (χ0n) is 17.7. The van der Waals surface area contributed by atoms with Crippen molar-refractivity contribution in [2.24, 2.45) is 0 Å². The number of carbonyl (C=O) groups excluding carboxylic acids is 1. The lowest BCUT2D eigenvalue weighted by molar-refractivity contribution is -0.140. The maximum atomic E-state index is 13.7. The highest BCUT2D eigenvalue weighted by atomic mass is 35.5. The summed E-state index contributed by atoms with van der Waals surface area (Å²) in [6, 6.07) is 5.78. The van der Waals surface area contributed by atoms with Crippen LogP contribution in [0.1, 0.15) is 32.9 Å². The number of ketones is 1. The molecule has 3 aromatic rings. The SMILES string of the molecule is COCN(Sc1ccc(F)c(C(F)(F)F)c1)c1cc(Cl)cnc1C(=O)c1c(C)ccnc1C. The first-order chi connectivity index (χ1) is 15.5. The molecule has 5 nitrogen and oxygen atoms in total. The summed E-state index contributed by atoms with van der Waals surface area (Å²) in [7, 11) is 1.38. The van der Waals surface area contributed by atoms with Crippen LogP contribution in [0, 0.1) is 19.7 Å². The zero-order chi connectivity index (χ0) is 24.3. The Balaban J connectivity index is 2.08. The minimum absolute atomic E-state index is 0.0151. The van der Waals surface area contributed by atoms with Gasteiger partial charge in [0.15, 0.2) is 0 Å². The van der Waals surface area contributed by atoms with E-state index in [0.29, 0.717) is 22.9 Å². The molecule has 3 rings (SSSR count). The molecule has 0 spiro atoms. The molecule has 0 aliphatic carbocycles. The van der Waals surface area contributed by atoms with E-state index in [4.69, 9.17) is 16.3 Å². The summed E-state index contributed by atoms with van der Waals surface area (Å²) in [4.78, 5) is 21.8. The fraction of sp³-hybridized carbons (Fsp3) is 0.227. The quantitative estimate of drug-likeness (QED) is 0.166. The first-order valence-corrected chi connectivity index (χ1v) is 10.6. The lowest BCUT2D eigenvalue weighted by atomic mass is 10.0. The van der Waals surface area contributed by atoms with Crippen molar-refractivity contribution in [1.82, 2.24) is 9.97 Å². The molecular weight excluding hydrogens is 482 g/mol. The van der Waals surface area contributed by atoms with E-state index in [1.807, 2.05) is 0 Å². The van der Waals surface area contributed by atoms with Crippen LogP contribution in [0.25, 0.3) is 0 Å². The van der Waals surface area contributed by atoms with Crippen molar-refractivity contribution in [3.8, 4) is 0 Å². The fourth-order valence-electron chi connectivity index (χ4n) is 3.12. The number of halogens is 5. The number of hydrogen-bond acceptors (Lipinski definition) is 6. The summed E-state index contributed by atoms with van der Waals surface area (Å²) in [6.07, 6.45) is -1.98. The van der Waals surface area contributed by atoms with Crippen LogP contribution in [0.15, 0.2) is 47.6 Å². The first kappa shape index (κ1) is 24.9. The lowest BCUT2D eigenvalue weighted by Gasteiger charge is -2.25. The monoisotopic (exact) mass is 499 g/mol. The van der Waals surface area contributed by atoms with Gasteiger partial charge in [-0.3, -0.25) is 14.1 Å². The summed E-state index contributed by atoms with van der Waals surface area (Å²) in [5, 5.41) is 0.206. The van der Waals surface area contributed by atoms with Gasteiger partial charge in [-0.2, -0.15) is 13.2 Å². The van der Waals surface area contributed by atoms with Gasteiger partial charge in [0, 0.05) is 35.7 Å². The third-order valence-electron chi connectivity index (χ3n) is 4.60. The van der Waals surface area contributed by atoms with Crippen molar-refractivity contribution in [3.05, 3.63) is 81.6 Å². The van der Waals surface area contributed by atoms with Crippen LogP contribution >= 0.6 is 23.5 Å². The van der Waals surface area contributed by atoms with Crippen molar-refractivity contribution in [1.29, 1.82) is 0 Å². The van der Waals surface area contributed by atoms with Crippen LogP contribution in [0.3, 0.4) is 0 Å². The highest BCUT2D eigenvalue weighted by molar-refractivity contribution is 8.00. The van der Waals surface area contributed by atoms with Crippen molar-refractivity contribution in [2.45, 2.75) is 24.9 Å². The molecule has 0 saturated carbocycles. The van der Waals surface area contributed by atoms with Gasteiger partial charge in [-0.1, -0.05) is 11.6 Å².